The molecule has 5 heteroatoms. The quantitative estimate of drug-likeness (QED) is 0.884. The number of piperidine rings is 1. The van der Waals surface area contributed by atoms with E-state index < -0.39 is 0 Å². The van der Waals surface area contributed by atoms with Gasteiger partial charge in [0, 0.05) is 31.8 Å². The largest absolute Gasteiger partial charge is 0.338 e. The van der Waals surface area contributed by atoms with Crippen LogP contribution in [0.1, 0.15) is 37.0 Å². The van der Waals surface area contributed by atoms with Gasteiger partial charge in [-0.2, -0.15) is 0 Å². The summed E-state index contributed by atoms with van der Waals surface area (Å²) in [6.45, 7) is 5.19. The molecule has 0 aromatic carbocycles. The molecule has 102 valence electrons. The molecule has 1 N–H and O–H groups in total. The molecule has 5 nitrogen and oxygen atoms in total. The lowest BCUT2D eigenvalue weighted by Gasteiger charge is -2.31. The van der Waals surface area contributed by atoms with Gasteiger partial charge in [0.2, 0.25) is 5.91 Å². The Hall–Kier alpha value is -1.91. The summed E-state index contributed by atoms with van der Waals surface area (Å²) in [5.74, 6) is 0.794. The Morgan fingerprint density at radius 2 is 2.26 bits per heavy atom. The van der Waals surface area contributed by atoms with Gasteiger partial charge in [-0.05, 0) is 30.9 Å². The normalized spacial score (nSPS) is 19.1. The standard InChI is InChI=1S/C14H19N3O2/c1-10-4-3-7-17(9-10)14(19)12-5-6-15-13(8-12)16-11(2)18/h5-6,8,10H,3-4,7,9H2,1-2H3,(H,15,16,18). The van der Waals surface area contributed by atoms with Crippen molar-refractivity contribution in [2.24, 2.45) is 5.92 Å². The maximum atomic E-state index is 12.4. The number of hydrogen-bond donors (Lipinski definition) is 1. The summed E-state index contributed by atoms with van der Waals surface area (Å²) in [4.78, 5) is 29.3. The third-order valence-electron chi connectivity index (χ3n) is 3.26. The molecule has 0 spiro atoms. The predicted molar refractivity (Wildman–Crippen MR) is 72.8 cm³/mol. The van der Waals surface area contributed by atoms with E-state index in [1.54, 1.807) is 18.3 Å². The molecule has 2 rings (SSSR count). The highest BCUT2D eigenvalue weighted by atomic mass is 16.2. The molecule has 2 heterocycles. The second kappa shape index (κ2) is 5.82. The fraction of sp³-hybridized carbons (Fsp3) is 0.500. The first-order chi connectivity index (χ1) is 9.06. The van der Waals surface area contributed by atoms with Crippen LogP contribution in [0.2, 0.25) is 0 Å². The van der Waals surface area contributed by atoms with E-state index in [1.807, 2.05) is 4.90 Å². The van der Waals surface area contributed by atoms with E-state index in [4.69, 9.17) is 0 Å². The van der Waals surface area contributed by atoms with E-state index in [9.17, 15) is 9.59 Å². The van der Waals surface area contributed by atoms with Crippen LogP contribution in [0.3, 0.4) is 0 Å². The van der Waals surface area contributed by atoms with Crippen LogP contribution in [0.25, 0.3) is 0 Å². The van der Waals surface area contributed by atoms with Gasteiger partial charge in [0.25, 0.3) is 5.91 Å². The number of hydrogen-bond acceptors (Lipinski definition) is 3. The molecule has 0 radical (unpaired) electrons. The van der Waals surface area contributed by atoms with Crippen molar-refractivity contribution in [2.75, 3.05) is 18.4 Å². The number of pyridine rings is 1. The Bertz CT molecular complexity index is 487. The van der Waals surface area contributed by atoms with Gasteiger partial charge in [0.05, 0.1) is 0 Å². The van der Waals surface area contributed by atoms with Gasteiger partial charge in [-0.25, -0.2) is 4.98 Å². The zero-order valence-corrected chi connectivity index (χ0v) is 11.3. The fourth-order valence-corrected chi connectivity index (χ4v) is 2.37. The first kappa shape index (κ1) is 13.5. The van der Waals surface area contributed by atoms with E-state index in [0.29, 0.717) is 17.3 Å². The van der Waals surface area contributed by atoms with Crippen molar-refractivity contribution in [3.8, 4) is 0 Å². The van der Waals surface area contributed by atoms with E-state index in [2.05, 4.69) is 17.2 Å². The molecule has 2 amide bonds. The molecule has 19 heavy (non-hydrogen) atoms. The van der Waals surface area contributed by atoms with Gasteiger partial charge < -0.3 is 10.2 Å². The fourth-order valence-electron chi connectivity index (χ4n) is 2.37. The molecular weight excluding hydrogens is 242 g/mol. The summed E-state index contributed by atoms with van der Waals surface area (Å²) in [6, 6.07) is 3.32. The van der Waals surface area contributed by atoms with E-state index in [1.165, 1.54) is 13.3 Å². The lowest BCUT2D eigenvalue weighted by Crippen LogP contribution is -2.39. The predicted octanol–water partition coefficient (Wildman–Crippen LogP) is 1.91. The van der Waals surface area contributed by atoms with Crippen molar-refractivity contribution in [3.63, 3.8) is 0 Å². The van der Waals surface area contributed by atoms with Gasteiger partial charge in [-0.15, -0.1) is 0 Å². The molecule has 0 bridgehead atoms. The Balaban J connectivity index is 2.12. The number of carbonyl (C=O) groups is 2. The third kappa shape index (κ3) is 3.53. The minimum absolute atomic E-state index is 0.0144. The van der Waals surface area contributed by atoms with Crippen LogP contribution < -0.4 is 5.32 Å². The van der Waals surface area contributed by atoms with Crippen molar-refractivity contribution in [3.05, 3.63) is 23.9 Å². The Morgan fingerprint density at radius 1 is 1.47 bits per heavy atom. The lowest BCUT2D eigenvalue weighted by atomic mass is 9.99. The van der Waals surface area contributed by atoms with Crippen molar-refractivity contribution in [1.29, 1.82) is 0 Å². The number of aromatic nitrogens is 1. The second-order valence-corrected chi connectivity index (χ2v) is 5.11. The summed E-state index contributed by atoms with van der Waals surface area (Å²) in [5, 5.41) is 2.59. The van der Waals surface area contributed by atoms with Crippen molar-refractivity contribution < 1.29 is 9.59 Å². The number of nitrogens with zero attached hydrogens (tertiary/aromatic N) is 2. The van der Waals surface area contributed by atoms with E-state index >= 15 is 0 Å². The lowest BCUT2D eigenvalue weighted by molar-refractivity contribution is -0.114. The van der Waals surface area contributed by atoms with Gasteiger partial charge in [0.15, 0.2) is 0 Å². The monoisotopic (exact) mass is 261 g/mol. The smallest absolute Gasteiger partial charge is 0.254 e. The highest BCUT2D eigenvalue weighted by Crippen LogP contribution is 2.18. The second-order valence-electron chi connectivity index (χ2n) is 5.11. The molecule has 1 atom stereocenters. The van der Waals surface area contributed by atoms with Gasteiger partial charge >= 0.3 is 0 Å². The highest BCUT2D eigenvalue weighted by Gasteiger charge is 2.22. The number of likely N-dealkylation sites (tertiary alicyclic amines) is 1. The van der Waals surface area contributed by atoms with Gasteiger partial charge in [0.1, 0.15) is 5.82 Å². The Morgan fingerprint density at radius 3 is 2.95 bits per heavy atom. The number of anilines is 1. The molecular formula is C14H19N3O2. The van der Waals surface area contributed by atoms with Crippen LogP contribution >= 0.6 is 0 Å². The molecule has 1 unspecified atom stereocenters. The zero-order valence-electron chi connectivity index (χ0n) is 11.3. The molecule has 0 saturated carbocycles. The summed E-state index contributed by atoms with van der Waals surface area (Å²) >= 11 is 0. The maximum Gasteiger partial charge on any atom is 0.254 e. The van der Waals surface area contributed by atoms with Crippen molar-refractivity contribution in [1.82, 2.24) is 9.88 Å². The average molecular weight is 261 g/mol. The molecule has 1 fully saturated rings. The van der Waals surface area contributed by atoms with Crippen LogP contribution in [-0.2, 0) is 4.79 Å². The number of nitrogens with one attached hydrogen (secondary N) is 1. The molecule has 1 aliphatic heterocycles. The summed E-state index contributed by atoms with van der Waals surface area (Å²) in [7, 11) is 0. The summed E-state index contributed by atoms with van der Waals surface area (Å²) < 4.78 is 0. The minimum Gasteiger partial charge on any atom is -0.338 e. The minimum atomic E-state index is -0.191. The first-order valence-electron chi connectivity index (χ1n) is 6.59. The SMILES string of the molecule is CC(=O)Nc1cc(C(=O)N2CCCC(C)C2)ccn1. The maximum absolute atomic E-state index is 12.4. The van der Waals surface area contributed by atoms with Crippen molar-refractivity contribution >= 4 is 17.6 Å². The van der Waals surface area contributed by atoms with E-state index in [0.717, 1.165) is 19.5 Å². The average Bonchev–Trinajstić information content (AvgIpc) is 2.37. The van der Waals surface area contributed by atoms with Crippen LogP contribution in [0.5, 0.6) is 0 Å². The van der Waals surface area contributed by atoms with Crippen molar-refractivity contribution in [2.45, 2.75) is 26.7 Å². The molecule has 0 aliphatic carbocycles. The summed E-state index contributed by atoms with van der Waals surface area (Å²) in [5.41, 5.74) is 0.577. The third-order valence-corrected chi connectivity index (χ3v) is 3.26. The van der Waals surface area contributed by atoms with Gasteiger partial charge in [-0.3, -0.25) is 9.59 Å². The molecule has 1 saturated heterocycles. The van der Waals surface area contributed by atoms with Crippen LogP contribution in [0.4, 0.5) is 5.82 Å². The van der Waals surface area contributed by atoms with Gasteiger partial charge in [-0.1, -0.05) is 6.92 Å². The Labute approximate surface area is 113 Å². The van der Waals surface area contributed by atoms with Crippen LogP contribution in [0.15, 0.2) is 18.3 Å². The number of rotatable bonds is 2. The molecule has 1 aromatic rings. The number of carbonyl (C=O) groups excluding carboxylic acids is 2. The summed E-state index contributed by atoms with van der Waals surface area (Å²) in [6.07, 6.45) is 3.78. The van der Waals surface area contributed by atoms with Crippen LogP contribution in [-0.4, -0.2) is 34.8 Å². The highest BCUT2D eigenvalue weighted by molar-refractivity contribution is 5.96. The Kier molecular flexibility index (Phi) is 4.14. The first-order valence-corrected chi connectivity index (χ1v) is 6.59. The zero-order chi connectivity index (χ0) is 13.8. The molecule has 1 aliphatic rings. The number of amides is 2. The van der Waals surface area contributed by atoms with E-state index in [-0.39, 0.29) is 11.8 Å². The topological polar surface area (TPSA) is 62.3 Å². The molecule has 1 aromatic heterocycles. The van der Waals surface area contributed by atoms with Crippen LogP contribution in [0, 0.1) is 5.92 Å².